The molecule has 0 bridgehead atoms. The average molecular weight is 506 g/mol. The highest BCUT2D eigenvalue weighted by molar-refractivity contribution is 7.22. The van der Waals surface area contributed by atoms with E-state index in [1.165, 1.54) is 0 Å². The maximum Gasteiger partial charge on any atom is 0.224 e. The minimum atomic E-state index is -0.182. The Kier molecular flexibility index (Phi) is 7.55. The molecule has 0 atom stereocenters. The number of fused-ring (bicyclic) bond motifs is 1. The van der Waals surface area contributed by atoms with Crippen molar-refractivity contribution in [2.75, 3.05) is 37.9 Å². The summed E-state index contributed by atoms with van der Waals surface area (Å²) in [5, 5.41) is 17.2. The van der Waals surface area contributed by atoms with E-state index in [2.05, 4.69) is 42.6 Å². The summed E-state index contributed by atoms with van der Waals surface area (Å²) in [5.41, 5.74) is 2.99. The molecule has 1 aliphatic rings. The molecule has 1 saturated carbocycles. The molecule has 3 aromatic heterocycles. The van der Waals surface area contributed by atoms with E-state index in [4.69, 9.17) is 9.72 Å². The molecule has 3 N–H and O–H groups in total. The molecule has 0 saturated heterocycles. The number of aliphatic hydroxyl groups excluding tert-OH is 1. The third-order valence-corrected chi connectivity index (χ3v) is 7.10. The lowest BCUT2D eigenvalue weighted by molar-refractivity contribution is 0.126. The Labute approximate surface area is 214 Å². The number of nitrogens with zero attached hydrogens (tertiary/aromatic N) is 5. The van der Waals surface area contributed by atoms with E-state index in [0.717, 1.165) is 64.5 Å². The van der Waals surface area contributed by atoms with Gasteiger partial charge in [-0.15, -0.1) is 0 Å². The van der Waals surface area contributed by atoms with Gasteiger partial charge < -0.3 is 25.4 Å². The number of hydrogen-bond donors (Lipinski definition) is 3. The zero-order chi connectivity index (χ0) is 24.9. The Morgan fingerprint density at radius 2 is 1.92 bits per heavy atom. The normalized spacial score (nSPS) is 17.9. The molecule has 0 radical (unpaired) electrons. The van der Waals surface area contributed by atoms with Crippen molar-refractivity contribution in [3.8, 4) is 16.9 Å². The molecule has 0 aliphatic heterocycles. The summed E-state index contributed by atoms with van der Waals surface area (Å²) < 4.78 is 6.92. The van der Waals surface area contributed by atoms with Crippen molar-refractivity contribution in [3.63, 3.8) is 0 Å². The van der Waals surface area contributed by atoms with E-state index in [1.807, 2.05) is 38.5 Å². The molecular weight excluding hydrogens is 474 g/mol. The van der Waals surface area contributed by atoms with Crippen LogP contribution in [0, 0.1) is 0 Å². The standard InChI is InChI=1S/C26H31N7O2S/c1-33(2)11-12-35-21-13-18(15-27-16-21)17-3-8-22-23(14-17)36-26(30-22)32-24-9-10-28-25(31-24)29-19-4-6-20(34)7-5-19/h3,8-10,13-16,19-20,34H,4-7,11-12H2,1-2H3,(H2,28,29,30,31,32)/t19-,20-. The molecule has 9 nitrogen and oxygen atoms in total. The Morgan fingerprint density at radius 1 is 1.06 bits per heavy atom. The third-order valence-electron chi connectivity index (χ3n) is 6.16. The highest BCUT2D eigenvalue weighted by Gasteiger charge is 2.20. The van der Waals surface area contributed by atoms with Crippen LogP contribution in [0.15, 0.2) is 48.9 Å². The van der Waals surface area contributed by atoms with Crippen molar-refractivity contribution < 1.29 is 9.84 Å². The number of hydrogen-bond acceptors (Lipinski definition) is 10. The van der Waals surface area contributed by atoms with Crippen LogP contribution in [0.1, 0.15) is 25.7 Å². The van der Waals surface area contributed by atoms with Crippen LogP contribution in [0.2, 0.25) is 0 Å². The zero-order valence-electron chi connectivity index (χ0n) is 20.5. The van der Waals surface area contributed by atoms with Gasteiger partial charge in [0, 0.05) is 30.5 Å². The first-order chi connectivity index (χ1) is 17.5. The van der Waals surface area contributed by atoms with Gasteiger partial charge in [0.05, 0.1) is 22.5 Å². The van der Waals surface area contributed by atoms with Crippen molar-refractivity contribution in [2.24, 2.45) is 0 Å². The lowest BCUT2D eigenvalue weighted by atomic mass is 9.93. The monoisotopic (exact) mass is 505 g/mol. The minimum Gasteiger partial charge on any atom is -0.491 e. The van der Waals surface area contributed by atoms with Gasteiger partial charge in [-0.25, -0.2) is 9.97 Å². The number of ether oxygens (including phenoxy) is 1. The fraction of sp³-hybridized carbons (Fsp3) is 0.385. The molecule has 0 spiro atoms. The minimum absolute atomic E-state index is 0.182. The molecule has 188 valence electrons. The first-order valence-corrected chi connectivity index (χ1v) is 13.0. The zero-order valence-corrected chi connectivity index (χ0v) is 21.3. The van der Waals surface area contributed by atoms with Crippen LogP contribution in [0.4, 0.5) is 16.9 Å². The van der Waals surface area contributed by atoms with Crippen LogP contribution < -0.4 is 15.4 Å². The van der Waals surface area contributed by atoms with Crippen LogP contribution in [0.5, 0.6) is 5.75 Å². The Balaban J connectivity index is 1.27. The second-order valence-electron chi connectivity index (χ2n) is 9.30. The fourth-order valence-corrected chi connectivity index (χ4v) is 5.08. The molecule has 0 amide bonds. The number of thiazole rings is 1. The second-order valence-corrected chi connectivity index (χ2v) is 10.3. The number of pyridine rings is 1. The SMILES string of the molecule is CN(C)CCOc1cncc(-c2ccc3nc(Nc4ccnc(N[C@H]5CC[C@H](O)CC5)n4)sc3c2)c1. The molecule has 36 heavy (non-hydrogen) atoms. The smallest absolute Gasteiger partial charge is 0.224 e. The molecule has 1 aliphatic carbocycles. The van der Waals surface area contributed by atoms with Gasteiger partial charge in [0.25, 0.3) is 0 Å². The molecule has 1 aromatic carbocycles. The first kappa shape index (κ1) is 24.4. The van der Waals surface area contributed by atoms with E-state index in [-0.39, 0.29) is 12.1 Å². The van der Waals surface area contributed by atoms with Crippen molar-refractivity contribution in [2.45, 2.75) is 37.8 Å². The van der Waals surface area contributed by atoms with Gasteiger partial charge in [0.2, 0.25) is 5.95 Å². The summed E-state index contributed by atoms with van der Waals surface area (Å²) in [6.07, 6.45) is 8.61. The van der Waals surface area contributed by atoms with Crippen molar-refractivity contribution in [1.82, 2.24) is 24.8 Å². The lowest BCUT2D eigenvalue weighted by Gasteiger charge is -2.26. The van der Waals surface area contributed by atoms with Crippen molar-refractivity contribution >= 4 is 38.5 Å². The molecule has 1 fully saturated rings. The quantitative estimate of drug-likeness (QED) is 0.302. The lowest BCUT2D eigenvalue weighted by Crippen LogP contribution is -2.28. The third kappa shape index (κ3) is 6.26. The number of nitrogens with one attached hydrogen (secondary N) is 2. The van der Waals surface area contributed by atoms with E-state index in [9.17, 15) is 5.11 Å². The number of aromatic nitrogens is 4. The Hall–Kier alpha value is -3.34. The maximum absolute atomic E-state index is 9.72. The summed E-state index contributed by atoms with van der Waals surface area (Å²) >= 11 is 1.58. The number of aliphatic hydroxyl groups is 1. The van der Waals surface area contributed by atoms with E-state index in [0.29, 0.717) is 18.4 Å². The predicted molar refractivity (Wildman–Crippen MR) is 144 cm³/mol. The van der Waals surface area contributed by atoms with Crippen LogP contribution in [-0.2, 0) is 0 Å². The van der Waals surface area contributed by atoms with Gasteiger partial charge in [-0.05, 0) is 69.6 Å². The Morgan fingerprint density at radius 3 is 2.75 bits per heavy atom. The van der Waals surface area contributed by atoms with Gasteiger partial charge in [-0.1, -0.05) is 17.4 Å². The number of rotatable bonds is 9. The van der Waals surface area contributed by atoms with E-state index in [1.54, 1.807) is 23.7 Å². The van der Waals surface area contributed by atoms with Gasteiger partial charge in [0.15, 0.2) is 5.13 Å². The summed E-state index contributed by atoms with van der Waals surface area (Å²) in [7, 11) is 4.05. The van der Waals surface area contributed by atoms with Crippen molar-refractivity contribution in [3.05, 3.63) is 48.9 Å². The number of anilines is 3. The summed E-state index contributed by atoms with van der Waals surface area (Å²) in [4.78, 5) is 20.1. The molecule has 10 heteroatoms. The van der Waals surface area contributed by atoms with Crippen LogP contribution in [0.3, 0.4) is 0 Å². The highest BCUT2D eigenvalue weighted by atomic mass is 32.1. The maximum atomic E-state index is 9.72. The summed E-state index contributed by atoms with van der Waals surface area (Å²) in [5.74, 6) is 2.04. The van der Waals surface area contributed by atoms with Gasteiger partial charge in [-0.3, -0.25) is 4.98 Å². The summed E-state index contributed by atoms with van der Waals surface area (Å²) in [6.45, 7) is 1.46. The van der Waals surface area contributed by atoms with Crippen LogP contribution in [0.25, 0.3) is 21.3 Å². The highest BCUT2D eigenvalue weighted by Crippen LogP contribution is 2.32. The van der Waals surface area contributed by atoms with E-state index < -0.39 is 0 Å². The molecule has 0 unspecified atom stereocenters. The predicted octanol–water partition coefficient (Wildman–Crippen LogP) is 4.55. The summed E-state index contributed by atoms with van der Waals surface area (Å²) in [6, 6.07) is 10.4. The molecular formula is C26H31N7O2S. The topological polar surface area (TPSA) is 108 Å². The second kappa shape index (κ2) is 11.2. The van der Waals surface area contributed by atoms with Crippen LogP contribution >= 0.6 is 11.3 Å². The van der Waals surface area contributed by atoms with E-state index >= 15 is 0 Å². The number of benzene rings is 1. The Bertz CT molecular complexity index is 1300. The fourth-order valence-electron chi connectivity index (χ4n) is 4.17. The molecule has 3 heterocycles. The average Bonchev–Trinajstić information content (AvgIpc) is 3.27. The van der Waals surface area contributed by atoms with Crippen molar-refractivity contribution in [1.29, 1.82) is 0 Å². The molecule has 5 rings (SSSR count). The van der Waals surface area contributed by atoms with Gasteiger partial charge >= 0.3 is 0 Å². The van der Waals surface area contributed by atoms with Crippen LogP contribution in [-0.4, -0.2) is 69.3 Å². The molecule has 4 aromatic rings. The first-order valence-electron chi connectivity index (χ1n) is 12.2. The van der Waals surface area contributed by atoms with Gasteiger partial charge in [0.1, 0.15) is 18.2 Å². The number of likely N-dealkylation sites (N-methyl/N-ethyl adjacent to an activating group) is 1. The van der Waals surface area contributed by atoms with Gasteiger partial charge in [-0.2, -0.15) is 4.98 Å². The largest absolute Gasteiger partial charge is 0.491 e.